The molecule has 0 radical (unpaired) electrons. The zero-order valence-electron chi connectivity index (χ0n) is 10.7. The minimum atomic E-state index is -2.86. The van der Waals surface area contributed by atoms with Gasteiger partial charge in [-0.3, -0.25) is 10.1 Å². The summed E-state index contributed by atoms with van der Waals surface area (Å²) in [5, 5.41) is 10.6. The quantitative estimate of drug-likeness (QED) is 0.601. The SMILES string of the molecule is O=[N+]([O-])c1cccc(OCc2ccc(OC(F)F)cc2)c1. The molecule has 2 rings (SSSR count). The molecule has 0 heterocycles. The van der Waals surface area contributed by atoms with E-state index in [2.05, 4.69) is 4.74 Å². The van der Waals surface area contributed by atoms with Crippen LogP contribution in [0.4, 0.5) is 14.5 Å². The lowest BCUT2D eigenvalue weighted by Gasteiger charge is -2.08. The smallest absolute Gasteiger partial charge is 0.387 e. The number of ether oxygens (including phenoxy) is 2. The number of hydrogen-bond donors (Lipinski definition) is 0. The summed E-state index contributed by atoms with van der Waals surface area (Å²) in [5.41, 5.74) is 0.663. The molecule has 0 aliphatic rings. The molecule has 0 fully saturated rings. The van der Waals surface area contributed by atoms with E-state index in [9.17, 15) is 18.9 Å². The average Bonchev–Trinajstić information content (AvgIpc) is 2.46. The largest absolute Gasteiger partial charge is 0.489 e. The van der Waals surface area contributed by atoms with Crippen molar-refractivity contribution in [3.05, 3.63) is 64.2 Å². The van der Waals surface area contributed by atoms with Crippen LogP contribution in [0.5, 0.6) is 11.5 Å². The molecule has 0 N–H and O–H groups in total. The maximum absolute atomic E-state index is 12.0. The molecule has 21 heavy (non-hydrogen) atoms. The topological polar surface area (TPSA) is 61.6 Å². The fourth-order valence-electron chi connectivity index (χ4n) is 1.62. The molecule has 5 nitrogen and oxygen atoms in total. The van der Waals surface area contributed by atoms with Crippen molar-refractivity contribution in [2.24, 2.45) is 0 Å². The van der Waals surface area contributed by atoms with Gasteiger partial charge in [-0.05, 0) is 23.8 Å². The summed E-state index contributed by atoms with van der Waals surface area (Å²) >= 11 is 0. The van der Waals surface area contributed by atoms with Gasteiger partial charge in [0.05, 0.1) is 11.0 Å². The summed E-state index contributed by atoms with van der Waals surface area (Å²) in [6, 6.07) is 11.8. The molecule has 0 saturated carbocycles. The van der Waals surface area contributed by atoms with Crippen LogP contribution in [0, 0.1) is 10.1 Å². The summed E-state index contributed by atoms with van der Waals surface area (Å²) in [5.74, 6) is 0.418. The predicted molar refractivity (Wildman–Crippen MR) is 70.5 cm³/mol. The van der Waals surface area contributed by atoms with Gasteiger partial charge in [0.2, 0.25) is 0 Å². The minimum absolute atomic E-state index is 0.0594. The molecule has 7 heteroatoms. The fraction of sp³-hybridized carbons (Fsp3) is 0.143. The Morgan fingerprint density at radius 3 is 2.43 bits per heavy atom. The van der Waals surface area contributed by atoms with Crippen LogP contribution < -0.4 is 9.47 Å². The Labute approximate surface area is 118 Å². The fourth-order valence-corrected chi connectivity index (χ4v) is 1.62. The second-order valence-electron chi connectivity index (χ2n) is 4.07. The Kier molecular flexibility index (Phi) is 4.65. The summed E-state index contributed by atoms with van der Waals surface area (Å²) in [6.45, 7) is -2.70. The van der Waals surface area contributed by atoms with Crippen molar-refractivity contribution in [2.75, 3.05) is 0 Å². The van der Waals surface area contributed by atoms with Crippen molar-refractivity contribution in [3.63, 3.8) is 0 Å². The first-order valence-electron chi connectivity index (χ1n) is 5.95. The van der Waals surface area contributed by atoms with E-state index >= 15 is 0 Å². The molecule has 0 amide bonds. The van der Waals surface area contributed by atoms with E-state index in [1.54, 1.807) is 18.2 Å². The zero-order valence-corrected chi connectivity index (χ0v) is 10.7. The van der Waals surface area contributed by atoms with E-state index in [4.69, 9.17) is 4.74 Å². The molecule has 0 aromatic heterocycles. The van der Waals surface area contributed by atoms with Gasteiger partial charge in [-0.15, -0.1) is 0 Å². The molecular formula is C14H11F2NO4. The van der Waals surface area contributed by atoms with E-state index in [1.165, 1.54) is 30.3 Å². The molecule has 0 bridgehead atoms. The van der Waals surface area contributed by atoms with Crippen LogP contribution in [-0.4, -0.2) is 11.5 Å². The molecule has 0 aliphatic heterocycles. The molecule has 2 aromatic carbocycles. The second kappa shape index (κ2) is 6.65. The lowest BCUT2D eigenvalue weighted by Crippen LogP contribution is -2.02. The molecule has 0 saturated heterocycles. The van der Waals surface area contributed by atoms with Crippen LogP contribution in [0.1, 0.15) is 5.56 Å². The van der Waals surface area contributed by atoms with Gasteiger partial charge >= 0.3 is 6.61 Å². The monoisotopic (exact) mass is 295 g/mol. The summed E-state index contributed by atoms with van der Waals surface area (Å²) in [7, 11) is 0. The molecule has 110 valence electrons. The van der Waals surface area contributed by atoms with Gasteiger partial charge in [-0.2, -0.15) is 8.78 Å². The minimum Gasteiger partial charge on any atom is -0.489 e. The lowest BCUT2D eigenvalue weighted by atomic mass is 10.2. The third-order valence-corrected chi connectivity index (χ3v) is 2.58. The average molecular weight is 295 g/mol. The van der Waals surface area contributed by atoms with Crippen molar-refractivity contribution < 1.29 is 23.2 Å². The Morgan fingerprint density at radius 1 is 1.10 bits per heavy atom. The Morgan fingerprint density at radius 2 is 1.81 bits per heavy atom. The van der Waals surface area contributed by atoms with Crippen molar-refractivity contribution in [3.8, 4) is 11.5 Å². The van der Waals surface area contributed by atoms with Crippen LogP contribution in [0.25, 0.3) is 0 Å². The Balaban J connectivity index is 1.96. The molecule has 0 spiro atoms. The number of benzene rings is 2. The standard InChI is InChI=1S/C14H11F2NO4/c15-14(16)21-12-6-4-10(5-7-12)9-20-13-3-1-2-11(8-13)17(18)19/h1-8,14H,9H2. The van der Waals surface area contributed by atoms with Crippen molar-refractivity contribution in [1.29, 1.82) is 0 Å². The van der Waals surface area contributed by atoms with Gasteiger partial charge in [-0.1, -0.05) is 18.2 Å². The van der Waals surface area contributed by atoms with Gasteiger partial charge < -0.3 is 9.47 Å². The van der Waals surface area contributed by atoms with Gasteiger partial charge in [0.15, 0.2) is 0 Å². The van der Waals surface area contributed by atoms with Crippen LogP contribution in [0.2, 0.25) is 0 Å². The van der Waals surface area contributed by atoms with E-state index in [0.29, 0.717) is 5.75 Å². The first kappa shape index (κ1) is 14.7. The van der Waals surface area contributed by atoms with Crippen LogP contribution >= 0.6 is 0 Å². The van der Waals surface area contributed by atoms with Crippen molar-refractivity contribution in [1.82, 2.24) is 0 Å². The molecule has 2 aromatic rings. The van der Waals surface area contributed by atoms with E-state index in [-0.39, 0.29) is 18.0 Å². The highest BCUT2D eigenvalue weighted by atomic mass is 19.3. The van der Waals surface area contributed by atoms with Crippen LogP contribution in [-0.2, 0) is 6.61 Å². The normalized spacial score (nSPS) is 10.4. The maximum atomic E-state index is 12.0. The zero-order chi connectivity index (χ0) is 15.2. The van der Waals surface area contributed by atoms with Gasteiger partial charge in [0.1, 0.15) is 18.1 Å². The lowest BCUT2D eigenvalue weighted by molar-refractivity contribution is -0.384. The number of nitro groups is 1. The predicted octanol–water partition coefficient (Wildman–Crippen LogP) is 3.78. The number of non-ortho nitro benzene ring substituents is 1. The number of rotatable bonds is 6. The van der Waals surface area contributed by atoms with Gasteiger partial charge in [-0.25, -0.2) is 0 Å². The summed E-state index contributed by atoms with van der Waals surface area (Å²) in [6.07, 6.45) is 0. The molecule has 0 unspecified atom stereocenters. The van der Waals surface area contributed by atoms with Crippen LogP contribution in [0.3, 0.4) is 0 Å². The molecular weight excluding hydrogens is 284 g/mol. The third kappa shape index (κ3) is 4.41. The Bertz CT molecular complexity index is 617. The number of nitro benzene ring substituents is 1. The highest BCUT2D eigenvalue weighted by molar-refractivity contribution is 5.38. The van der Waals surface area contributed by atoms with E-state index < -0.39 is 11.5 Å². The summed E-state index contributed by atoms with van der Waals surface area (Å²) in [4.78, 5) is 10.1. The van der Waals surface area contributed by atoms with Crippen LogP contribution in [0.15, 0.2) is 48.5 Å². The van der Waals surface area contributed by atoms with E-state index in [1.807, 2.05) is 0 Å². The van der Waals surface area contributed by atoms with Gasteiger partial charge in [0, 0.05) is 6.07 Å². The third-order valence-electron chi connectivity index (χ3n) is 2.58. The number of alkyl halides is 2. The number of hydrogen-bond acceptors (Lipinski definition) is 4. The summed E-state index contributed by atoms with van der Waals surface area (Å²) < 4.78 is 33.6. The molecule has 0 atom stereocenters. The van der Waals surface area contributed by atoms with Crippen molar-refractivity contribution in [2.45, 2.75) is 13.2 Å². The van der Waals surface area contributed by atoms with E-state index in [0.717, 1.165) is 5.56 Å². The number of nitrogens with zero attached hydrogens (tertiary/aromatic N) is 1. The first-order chi connectivity index (χ1) is 10.0. The number of halogens is 2. The Hall–Kier alpha value is -2.70. The first-order valence-corrected chi connectivity index (χ1v) is 5.95. The highest BCUT2D eigenvalue weighted by Gasteiger charge is 2.07. The molecule has 0 aliphatic carbocycles. The second-order valence-corrected chi connectivity index (χ2v) is 4.07. The van der Waals surface area contributed by atoms with Gasteiger partial charge in [0.25, 0.3) is 5.69 Å². The highest BCUT2D eigenvalue weighted by Crippen LogP contribution is 2.21. The van der Waals surface area contributed by atoms with Crippen molar-refractivity contribution >= 4 is 5.69 Å². The maximum Gasteiger partial charge on any atom is 0.387 e.